The third kappa shape index (κ3) is 7.58. The van der Waals surface area contributed by atoms with Crippen molar-refractivity contribution >= 4 is 11.7 Å². The Morgan fingerprint density at radius 1 is 1.24 bits per heavy atom. The van der Waals surface area contributed by atoms with Crippen LogP contribution in [0.15, 0.2) is 30.3 Å². The maximum absolute atomic E-state index is 11.9. The average Bonchev–Trinajstić information content (AvgIpc) is 2.48. The molecule has 0 spiro atoms. The van der Waals surface area contributed by atoms with Crippen LogP contribution < -0.4 is 5.32 Å². The van der Waals surface area contributed by atoms with Gasteiger partial charge in [0, 0.05) is 25.6 Å². The fourth-order valence-electron chi connectivity index (χ4n) is 1.95. The van der Waals surface area contributed by atoms with Crippen molar-refractivity contribution in [1.82, 2.24) is 10.2 Å². The number of hydrogen-bond donors (Lipinski definition) is 1. The summed E-state index contributed by atoms with van der Waals surface area (Å²) >= 11 is 0. The third-order valence-electron chi connectivity index (χ3n) is 3.08. The normalized spacial score (nSPS) is 10.6. The average molecular weight is 292 g/mol. The summed E-state index contributed by atoms with van der Waals surface area (Å²) < 4.78 is 4.86. The first-order valence-electron chi connectivity index (χ1n) is 7.16. The number of hydrogen-bond acceptors (Lipinski definition) is 4. The van der Waals surface area contributed by atoms with Crippen molar-refractivity contribution in [1.29, 1.82) is 0 Å². The molecule has 1 aromatic rings. The van der Waals surface area contributed by atoms with Crippen molar-refractivity contribution in [2.45, 2.75) is 12.8 Å². The zero-order valence-corrected chi connectivity index (χ0v) is 12.8. The monoisotopic (exact) mass is 292 g/mol. The molecule has 0 saturated heterocycles. The second-order valence-corrected chi connectivity index (χ2v) is 4.97. The van der Waals surface area contributed by atoms with Crippen LogP contribution in [0.25, 0.3) is 0 Å². The van der Waals surface area contributed by atoms with Gasteiger partial charge < -0.3 is 10.1 Å². The van der Waals surface area contributed by atoms with Gasteiger partial charge in [-0.05, 0) is 20.0 Å². The molecule has 0 fully saturated rings. The highest BCUT2D eigenvalue weighted by Crippen LogP contribution is 2.05. The highest BCUT2D eigenvalue weighted by molar-refractivity contribution is 5.95. The van der Waals surface area contributed by atoms with Gasteiger partial charge in [-0.25, -0.2) is 0 Å². The molecule has 0 aromatic heterocycles. The first-order chi connectivity index (χ1) is 10.1. The van der Waals surface area contributed by atoms with Crippen LogP contribution in [0, 0.1) is 0 Å². The molecule has 1 amide bonds. The van der Waals surface area contributed by atoms with Gasteiger partial charge in [0.2, 0.25) is 5.91 Å². The fourth-order valence-corrected chi connectivity index (χ4v) is 1.95. The number of likely N-dealkylation sites (N-methyl/N-ethyl adjacent to an activating group) is 1. The lowest BCUT2D eigenvalue weighted by molar-refractivity contribution is -0.122. The summed E-state index contributed by atoms with van der Waals surface area (Å²) in [4.78, 5) is 25.4. The second kappa shape index (κ2) is 10.1. The SMILES string of the molecule is COCCNC(=O)CN(C)CCCC(=O)c1ccccc1. The van der Waals surface area contributed by atoms with E-state index in [-0.39, 0.29) is 11.7 Å². The summed E-state index contributed by atoms with van der Waals surface area (Å²) in [7, 11) is 3.48. The number of rotatable bonds is 10. The number of carbonyl (C=O) groups is 2. The lowest BCUT2D eigenvalue weighted by atomic mass is 10.1. The zero-order valence-electron chi connectivity index (χ0n) is 12.8. The van der Waals surface area contributed by atoms with Gasteiger partial charge in [0.05, 0.1) is 13.2 Å². The summed E-state index contributed by atoms with van der Waals surface area (Å²) in [5.41, 5.74) is 0.748. The van der Waals surface area contributed by atoms with Crippen molar-refractivity contribution in [2.75, 3.05) is 40.4 Å². The number of nitrogens with zero attached hydrogens (tertiary/aromatic N) is 1. The molecule has 0 atom stereocenters. The molecule has 116 valence electrons. The Bertz CT molecular complexity index is 434. The number of benzene rings is 1. The van der Waals surface area contributed by atoms with Crippen LogP contribution >= 0.6 is 0 Å². The zero-order chi connectivity index (χ0) is 15.5. The second-order valence-electron chi connectivity index (χ2n) is 4.97. The van der Waals surface area contributed by atoms with Crippen LogP contribution in [0.1, 0.15) is 23.2 Å². The Morgan fingerprint density at radius 2 is 1.95 bits per heavy atom. The summed E-state index contributed by atoms with van der Waals surface area (Å²) in [6.45, 7) is 2.09. The van der Waals surface area contributed by atoms with E-state index in [4.69, 9.17) is 4.74 Å². The Labute approximate surface area is 126 Å². The maximum atomic E-state index is 11.9. The predicted octanol–water partition coefficient (Wildman–Crippen LogP) is 1.34. The molecule has 1 rings (SSSR count). The van der Waals surface area contributed by atoms with E-state index in [1.54, 1.807) is 7.11 Å². The minimum atomic E-state index is -0.0241. The van der Waals surface area contributed by atoms with Crippen LogP contribution in [-0.2, 0) is 9.53 Å². The van der Waals surface area contributed by atoms with Crippen LogP contribution in [0.3, 0.4) is 0 Å². The number of amides is 1. The largest absolute Gasteiger partial charge is 0.383 e. The van der Waals surface area contributed by atoms with Crippen molar-refractivity contribution in [3.63, 3.8) is 0 Å². The first-order valence-corrected chi connectivity index (χ1v) is 7.16. The number of ether oxygens (including phenoxy) is 1. The van der Waals surface area contributed by atoms with Crippen LogP contribution in [0.5, 0.6) is 0 Å². The van der Waals surface area contributed by atoms with Gasteiger partial charge >= 0.3 is 0 Å². The molecule has 21 heavy (non-hydrogen) atoms. The topological polar surface area (TPSA) is 58.6 Å². The molecule has 0 saturated carbocycles. The van der Waals surface area contributed by atoms with Crippen molar-refractivity contribution in [2.24, 2.45) is 0 Å². The van der Waals surface area contributed by atoms with E-state index in [0.29, 0.717) is 26.1 Å². The lowest BCUT2D eigenvalue weighted by Gasteiger charge is -2.15. The molecular formula is C16H24N2O3. The van der Waals surface area contributed by atoms with Crippen molar-refractivity contribution in [3.8, 4) is 0 Å². The molecule has 1 aromatic carbocycles. The summed E-state index contributed by atoms with van der Waals surface area (Å²) in [5.74, 6) is 0.123. The van der Waals surface area contributed by atoms with E-state index in [0.717, 1.165) is 18.5 Å². The molecule has 0 radical (unpaired) electrons. The number of ketones is 1. The molecule has 5 nitrogen and oxygen atoms in total. The minimum Gasteiger partial charge on any atom is -0.383 e. The Balaban J connectivity index is 2.17. The van der Waals surface area contributed by atoms with Crippen LogP contribution in [-0.4, -0.2) is 57.0 Å². The molecule has 5 heteroatoms. The summed E-state index contributed by atoms with van der Waals surface area (Å²) in [5, 5.41) is 2.77. The van der Waals surface area contributed by atoms with Gasteiger partial charge in [0.15, 0.2) is 5.78 Å². The van der Waals surface area contributed by atoms with Gasteiger partial charge in [-0.15, -0.1) is 0 Å². The molecule has 0 aliphatic heterocycles. The summed E-state index contributed by atoms with van der Waals surface area (Å²) in [6, 6.07) is 9.28. The van der Waals surface area contributed by atoms with Crippen LogP contribution in [0.4, 0.5) is 0 Å². The van der Waals surface area contributed by atoms with E-state index in [2.05, 4.69) is 5.32 Å². The molecular weight excluding hydrogens is 268 g/mol. The van der Waals surface area contributed by atoms with Gasteiger partial charge in [-0.1, -0.05) is 30.3 Å². The first kappa shape index (κ1) is 17.3. The smallest absolute Gasteiger partial charge is 0.234 e. The maximum Gasteiger partial charge on any atom is 0.234 e. The third-order valence-corrected chi connectivity index (χ3v) is 3.08. The lowest BCUT2D eigenvalue weighted by Crippen LogP contribution is -2.37. The Hall–Kier alpha value is -1.72. The van der Waals surface area contributed by atoms with E-state index in [9.17, 15) is 9.59 Å². The van der Waals surface area contributed by atoms with E-state index in [1.165, 1.54) is 0 Å². The molecule has 0 heterocycles. The van der Waals surface area contributed by atoms with E-state index in [1.807, 2.05) is 42.3 Å². The van der Waals surface area contributed by atoms with E-state index >= 15 is 0 Å². The van der Waals surface area contributed by atoms with Crippen molar-refractivity contribution in [3.05, 3.63) is 35.9 Å². The molecule has 1 N–H and O–H groups in total. The quantitative estimate of drug-likeness (QED) is 0.522. The highest BCUT2D eigenvalue weighted by Gasteiger charge is 2.08. The van der Waals surface area contributed by atoms with Crippen molar-refractivity contribution < 1.29 is 14.3 Å². The predicted molar refractivity (Wildman–Crippen MR) is 82.4 cm³/mol. The van der Waals surface area contributed by atoms with Gasteiger partial charge in [0.1, 0.15) is 0 Å². The van der Waals surface area contributed by atoms with Gasteiger partial charge in [0.25, 0.3) is 0 Å². The molecule has 0 bridgehead atoms. The number of carbonyl (C=O) groups excluding carboxylic acids is 2. The number of Topliss-reactive ketones (excluding diaryl/α,β-unsaturated/α-hetero) is 1. The molecule has 0 aliphatic rings. The Morgan fingerprint density at radius 3 is 2.62 bits per heavy atom. The molecule has 0 aliphatic carbocycles. The van der Waals surface area contributed by atoms with E-state index < -0.39 is 0 Å². The standard InChI is InChI=1S/C16H24N2O3/c1-18(13-16(20)17-10-12-21-2)11-6-9-15(19)14-7-4-3-5-8-14/h3-5,7-8H,6,9-13H2,1-2H3,(H,17,20). The van der Waals surface area contributed by atoms with Crippen LogP contribution in [0.2, 0.25) is 0 Å². The Kier molecular flexibility index (Phi) is 8.31. The highest BCUT2D eigenvalue weighted by atomic mass is 16.5. The number of methoxy groups -OCH3 is 1. The number of nitrogens with one attached hydrogen (secondary N) is 1. The summed E-state index contributed by atoms with van der Waals surface area (Å²) in [6.07, 6.45) is 1.25. The van der Waals surface area contributed by atoms with Gasteiger partial charge in [-0.3, -0.25) is 14.5 Å². The molecule has 0 unspecified atom stereocenters. The fraction of sp³-hybridized carbons (Fsp3) is 0.500. The minimum absolute atomic E-state index is 0.0241. The van der Waals surface area contributed by atoms with Gasteiger partial charge in [-0.2, -0.15) is 0 Å².